The van der Waals surface area contributed by atoms with Crippen molar-refractivity contribution in [3.63, 3.8) is 0 Å². The molecular formula is C17H22N4O3S2. The quantitative estimate of drug-likeness (QED) is 0.436. The standard InChI is InChI=1S/C17H22N4O3S2/c1-6-12(25-16-18-9(3)8-10(4)19-16)14(22)21-17-20-11(5)13(26-17)15(23)24-7-2/h8,12H,6-7H2,1-5H3,(H,20,21,22). The van der Waals surface area contributed by atoms with Crippen LogP contribution < -0.4 is 5.32 Å². The Morgan fingerprint density at radius 3 is 2.42 bits per heavy atom. The van der Waals surface area contributed by atoms with E-state index in [-0.39, 0.29) is 11.2 Å². The van der Waals surface area contributed by atoms with Crippen molar-refractivity contribution in [1.29, 1.82) is 0 Å². The summed E-state index contributed by atoms with van der Waals surface area (Å²) < 4.78 is 5.00. The van der Waals surface area contributed by atoms with Crippen LogP contribution in [-0.4, -0.2) is 38.7 Å². The van der Waals surface area contributed by atoms with E-state index >= 15 is 0 Å². The smallest absolute Gasteiger partial charge is 0.350 e. The summed E-state index contributed by atoms with van der Waals surface area (Å²) >= 11 is 2.44. The van der Waals surface area contributed by atoms with Crippen molar-refractivity contribution in [3.05, 3.63) is 28.0 Å². The number of thioether (sulfide) groups is 1. The maximum Gasteiger partial charge on any atom is 0.350 e. The van der Waals surface area contributed by atoms with Crippen LogP contribution in [0.1, 0.15) is 47.0 Å². The molecule has 0 saturated carbocycles. The van der Waals surface area contributed by atoms with Gasteiger partial charge < -0.3 is 10.1 Å². The minimum Gasteiger partial charge on any atom is -0.462 e. The number of aryl methyl sites for hydroxylation is 3. The van der Waals surface area contributed by atoms with E-state index < -0.39 is 5.97 Å². The molecule has 0 aliphatic rings. The first-order valence-corrected chi connectivity index (χ1v) is 9.98. The highest BCUT2D eigenvalue weighted by molar-refractivity contribution is 8.00. The molecule has 0 bridgehead atoms. The van der Waals surface area contributed by atoms with Gasteiger partial charge in [0.15, 0.2) is 10.3 Å². The van der Waals surface area contributed by atoms with Crippen molar-refractivity contribution in [1.82, 2.24) is 15.0 Å². The molecule has 2 heterocycles. The average Bonchev–Trinajstić information content (AvgIpc) is 2.92. The summed E-state index contributed by atoms with van der Waals surface area (Å²) in [5.41, 5.74) is 2.27. The molecule has 0 aliphatic heterocycles. The Labute approximate surface area is 161 Å². The zero-order valence-electron chi connectivity index (χ0n) is 15.5. The Kier molecular flexibility index (Phi) is 7.10. The predicted octanol–water partition coefficient (Wildman–Crippen LogP) is 3.54. The number of aromatic nitrogens is 3. The molecule has 2 aromatic rings. The second-order valence-corrected chi connectivity index (χ2v) is 7.76. The van der Waals surface area contributed by atoms with E-state index in [9.17, 15) is 9.59 Å². The first-order valence-electron chi connectivity index (χ1n) is 8.28. The van der Waals surface area contributed by atoms with E-state index in [2.05, 4.69) is 20.3 Å². The second-order valence-electron chi connectivity index (χ2n) is 5.59. The van der Waals surface area contributed by atoms with E-state index in [0.29, 0.717) is 33.9 Å². The van der Waals surface area contributed by atoms with E-state index in [4.69, 9.17) is 4.74 Å². The fourth-order valence-corrected chi connectivity index (χ4v) is 4.06. The van der Waals surface area contributed by atoms with Gasteiger partial charge >= 0.3 is 5.97 Å². The summed E-state index contributed by atoms with van der Waals surface area (Å²) in [6.07, 6.45) is 0.613. The van der Waals surface area contributed by atoms with Crippen LogP contribution in [-0.2, 0) is 9.53 Å². The minimum atomic E-state index is -0.423. The molecule has 140 valence electrons. The summed E-state index contributed by atoms with van der Waals surface area (Å²) in [7, 11) is 0. The highest BCUT2D eigenvalue weighted by atomic mass is 32.2. The summed E-state index contributed by atoms with van der Waals surface area (Å²) in [6, 6.07) is 1.89. The molecule has 9 heteroatoms. The topological polar surface area (TPSA) is 94.1 Å². The number of hydrogen-bond donors (Lipinski definition) is 1. The van der Waals surface area contributed by atoms with Gasteiger partial charge in [-0.1, -0.05) is 30.0 Å². The van der Waals surface area contributed by atoms with Crippen LogP contribution >= 0.6 is 23.1 Å². The Bertz CT molecular complexity index is 787. The van der Waals surface area contributed by atoms with Crippen LogP contribution in [0, 0.1) is 20.8 Å². The number of nitrogens with one attached hydrogen (secondary N) is 1. The van der Waals surface area contributed by atoms with Gasteiger partial charge in [0.25, 0.3) is 0 Å². The first kappa shape index (κ1) is 20.3. The lowest BCUT2D eigenvalue weighted by atomic mass is 10.3. The fourth-order valence-electron chi connectivity index (χ4n) is 2.22. The van der Waals surface area contributed by atoms with E-state index in [1.807, 2.05) is 26.8 Å². The molecular weight excluding hydrogens is 372 g/mol. The van der Waals surface area contributed by atoms with Gasteiger partial charge in [0.05, 0.1) is 17.6 Å². The first-order chi connectivity index (χ1) is 12.3. The highest BCUT2D eigenvalue weighted by Crippen LogP contribution is 2.27. The number of hydrogen-bond acceptors (Lipinski definition) is 8. The van der Waals surface area contributed by atoms with Crippen molar-refractivity contribution >= 4 is 40.1 Å². The molecule has 1 atom stereocenters. The lowest BCUT2D eigenvalue weighted by molar-refractivity contribution is -0.115. The van der Waals surface area contributed by atoms with Gasteiger partial charge in [0.2, 0.25) is 5.91 Å². The number of carbonyl (C=O) groups is 2. The molecule has 1 amide bonds. The SMILES string of the molecule is CCOC(=O)c1sc(NC(=O)C(CC)Sc2nc(C)cc(C)n2)nc1C. The van der Waals surface area contributed by atoms with Gasteiger partial charge in [-0.05, 0) is 40.2 Å². The molecule has 7 nitrogen and oxygen atoms in total. The van der Waals surface area contributed by atoms with E-state index in [0.717, 1.165) is 22.7 Å². The maximum atomic E-state index is 12.6. The zero-order valence-corrected chi connectivity index (χ0v) is 17.1. The minimum absolute atomic E-state index is 0.190. The molecule has 0 saturated heterocycles. The molecule has 1 unspecified atom stereocenters. The molecule has 0 aromatic carbocycles. The van der Waals surface area contributed by atoms with Gasteiger partial charge in [-0.15, -0.1) is 0 Å². The van der Waals surface area contributed by atoms with Crippen LogP contribution in [0.2, 0.25) is 0 Å². The third-order valence-corrected chi connectivity index (χ3v) is 5.64. The molecule has 0 fully saturated rings. The van der Waals surface area contributed by atoms with Crippen LogP contribution in [0.15, 0.2) is 11.2 Å². The molecule has 0 radical (unpaired) electrons. The summed E-state index contributed by atoms with van der Waals surface area (Å²) in [5.74, 6) is -0.613. The summed E-state index contributed by atoms with van der Waals surface area (Å²) in [5, 5.41) is 3.39. The number of carbonyl (C=O) groups excluding carboxylic acids is 2. The summed E-state index contributed by atoms with van der Waals surface area (Å²) in [4.78, 5) is 37.9. The average molecular weight is 395 g/mol. The third kappa shape index (κ3) is 5.25. The van der Waals surface area contributed by atoms with E-state index in [1.165, 1.54) is 11.8 Å². The molecule has 26 heavy (non-hydrogen) atoms. The molecule has 2 aromatic heterocycles. The van der Waals surface area contributed by atoms with Crippen LogP contribution in [0.3, 0.4) is 0 Å². The number of ether oxygens (including phenoxy) is 1. The molecule has 0 aliphatic carbocycles. The van der Waals surface area contributed by atoms with Crippen LogP contribution in [0.25, 0.3) is 0 Å². The Morgan fingerprint density at radius 2 is 1.85 bits per heavy atom. The van der Waals surface area contributed by atoms with Crippen molar-refractivity contribution in [2.45, 2.75) is 51.4 Å². The number of amides is 1. The second kappa shape index (κ2) is 9.09. The molecule has 2 rings (SSSR count). The predicted molar refractivity (Wildman–Crippen MR) is 103 cm³/mol. The number of rotatable bonds is 7. The van der Waals surface area contributed by atoms with Gasteiger partial charge in [-0.2, -0.15) is 0 Å². The van der Waals surface area contributed by atoms with Gasteiger partial charge in [0.1, 0.15) is 4.88 Å². The van der Waals surface area contributed by atoms with Gasteiger partial charge in [-0.3, -0.25) is 4.79 Å². The van der Waals surface area contributed by atoms with Crippen LogP contribution in [0.4, 0.5) is 5.13 Å². The van der Waals surface area contributed by atoms with Crippen molar-refractivity contribution in [2.75, 3.05) is 11.9 Å². The highest BCUT2D eigenvalue weighted by Gasteiger charge is 2.23. The van der Waals surface area contributed by atoms with Gasteiger partial charge in [-0.25, -0.2) is 19.7 Å². The Hall–Kier alpha value is -2.00. The van der Waals surface area contributed by atoms with Crippen molar-refractivity contribution < 1.29 is 14.3 Å². The molecule has 1 N–H and O–H groups in total. The lowest BCUT2D eigenvalue weighted by Crippen LogP contribution is -2.24. The lowest BCUT2D eigenvalue weighted by Gasteiger charge is -2.13. The monoisotopic (exact) mass is 394 g/mol. The van der Waals surface area contributed by atoms with Gasteiger partial charge in [0, 0.05) is 11.4 Å². The third-order valence-electron chi connectivity index (χ3n) is 3.36. The Morgan fingerprint density at radius 1 is 1.19 bits per heavy atom. The fraction of sp³-hybridized carbons (Fsp3) is 0.471. The number of nitrogens with zero attached hydrogens (tertiary/aromatic N) is 3. The van der Waals surface area contributed by atoms with E-state index in [1.54, 1.807) is 13.8 Å². The Balaban J connectivity index is 2.09. The zero-order chi connectivity index (χ0) is 19.3. The largest absolute Gasteiger partial charge is 0.462 e. The van der Waals surface area contributed by atoms with Crippen molar-refractivity contribution in [2.24, 2.45) is 0 Å². The number of thiazole rings is 1. The van der Waals surface area contributed by atoms with Crippen LogP contribution in [0.5, 0.6) is 0 Å². The molecule has 0 spiro atoms. The number of esters is 1. The normalized spacial score (nSPS) is 11.9. The van der Waals surface area contributed by atoms with Crippen molar-refractivity contribution in [3.8, 4) is 0 Å². The maximum absolute atomic E-state index is 12.6. The number of anilines is 1. The summed E-state index contributed by atoms with van der Waals surface area (Å²) in [6.45, 7) is 9.48.